The number of carbonyl (C=O) groups is 1. The van der Waals surface area contributed by atoms with Crippen LogP contribution in [0.15, 0.2) is 48.8 Å². The number of piperazine rings is 1. The first-order valence-electron chi connectivity index (χ1n) is 11.5. The number of carbonyl (C=O) groups excluding carboxylic acids is 1. The molecular weight excluding hydrogens is 429 g/mol. The van der Waals surface area contributed by atoms with Crippen molar-refractivity contribution in [1.29, 1.82) is 0 Å². The molecule has 3 heterocycles. The molecule has 2 aromatic heterocycles. The van der Waals surface area contributed by atoms with Crippen LogP contribution in [0.25, 0.3) is 11.1 Å². The minimum Gasteiger partial charge on any atom is -0.384 e. The number of nitrogens with two attached hydrogens (primary N) is 1. The summed E-state index contributed by atoms with van der Waals surface area (Å²) in [6, 6.07) is 10.8. The molecule has 34 heavy (non-hydrogen) atoms. The highest BCUT2D eigenvalue weighted by Gasteiger charge is 2.32. The quantitative estimate of drug-likeness (QED) is 0.612. The zero-order valence-electron chi connectivity index (χ0n) is 19.1. The van der Waals surface area contributed by atoms with Gasteiger partial charge in [0.15, 0.2) is 0 Å². The molecule has 172 valence electrons. The minimum absolute atomic E-state index is 0.106. The van der Waals surface area contributed by atoms with Crippen LogP contribution < -0.4 is 5.73 Å². The van der Waals surface area contributed by atoms with E-state index in [9.17, 15) is 4.79 Å². The van der Waals surface area contributed by atoms with Crippen molar-refractivity contribution in [1.82, 2.24) is 19.8 Å². The molecule has 0 unspecified atom stereocenters. The van der Waals surface area contributed by atoms with Crippen LogP contribution in [0.5, 0.6) is 0 Å². The third-order valence-corrected chi connectivity index (χ3v) is 6.43. The average molecular weight is 456 g/mol. The first kappa shape index (κ1) is 22.1. The van der Waals surface area contributed by atoms with E-state index in [1.165, 1.54) is 18.9 Å². The number of amides is 1. The lowest BCUT2D eigenvalue weighted by molar-refractivity contribution is 0.0623. The molecule has 1 aliphatic carbocycles. The highest BCUT2D eigenvalue weighted by atomic mass is 19.1. The van der Waals surface area contributed by atoms with E-state index in [1.54, 1.807) is 41.6 Å². The molecule has 3 aromatic rings. The van der Waals surface area contributed by atoms with Crippen molar-refractivity contribution >= 4 is 11.7 Å². The van der Waals surface area contributed by atoms with Crippen LogP contribution in [0.2, 0.25) is 0 Å². The Bertz CT molecular complexity index is 1280. The van der Waals surface area contributed by atoms with E-state index >= 15 is 4.39 Å². The summed E-state index contributed by atoms with van der Waals surface area (Å²) in [4.78, 5) is 25.6. The normalized spacial score (nSPS) is 16.1. The second kappa shape index (κ2) is 9.24. The maximum Gasteiger partial charge on any atom is 0.256 e. The Labute approximate surface area is 198 Å². The Balaban J connectivity index is 1.39. The topological polar surface area (TPSA) is 75.4 Å². The van der Waals surface area contributed by atoms with Crippen molar-refractivity contribution in [2.24, 2.45) is 0 Å². The smallest absolute Gasteiger partial charge is 0.256 e. The lowest BCUT2D eigenvalue weighted by Crippen LogP contribution is -2.49. The van der Waals surface area contributed by atoms with Crippen LogP contribution >= 0.6 is 0 Å². The number of nitrogen functional groups attached to an aromatic ring is 1. The highest BCUT2D eigenvalue weighted by Crippen LogP contribution is 2.29. The summed E-state index contributed by atoms with van der Waals surface area (Å²) in [6.07, 6.45) is 5.79. The van der Waals surface area contributed by atoms with E-state index in [0.717, 1.165) is 29.9 Å². The predicted molar refractivity (Wildman–Crippen MR) is 129 cm³/mol. The second-order valence-electron chi connectivity index (χ2n) is 8.79. The number of aryl methyl sites for hydroxylation is 1. The van der Waals surface area contributed by atoms with Gasteiger partial charge in [-0.15, -0.1) is 0 Å². The molecule has 1 amide bonds. The molecule has 6 nitrogen and oxygen atoms in total. The first-order valence-corrected chi connectivity index (χ1v) is 11.5. The van der Waals surface area contributed by atoms with Crippen molar-refractivity contribution in [3.05, 3.63) is 77.0 Å². The van der Waals surface area contributed by atoms with Gasteiger partial charge in [-0.25, -0.2) is 9.37 Å². The zero-order chi connectivity index (χ0) is 23.7. The molecule has 7 heteroatoms. The van der Waals surface area contributed by atoms with E-state index < -0.39 is 5.82 Å². The van der Waals surface area contributed by atoms with Crippen molar-refractivity contribution in [2.45, 2.75) is 25.8 Å². The number of rotatable bonds is 3. The fourth-order valence-corrected chi connectivity index (χ4v) is 4.33. The van der Waals surface area contributed by atoms with Crippen LogP contribution in [0, 0.1) is 24.6 Å². The third kappa shape index (κ3) is 4.63. The van der Waals surface area contributed by atoms with Crippen LogP contribution in [0.1, 0.15) is 40.0 Å². The molecule has 0 radical (unpaired) electrons. The third-order valence-electron chi connectivity index (χ3n) is 6.43. The maximum absolute atomic E-state index is 15.1. The predicted octanol–water partition coefficient (Wildman–Crippen LogP) is 3.49. The van der Waals surface area contributed by atoms with Gasteiger partial charge < -0.3 is 10.6 Å². The van der Waals surface area contributed by atoms with E-state index in [0.29, 0.717) is 36.1 Å². The van der Waals surface area contributed by atoms with Crippen LogP contribution in [0.4, 0.5) is 10.2 Å². The van der Waals surface area contributed by atoms with Crippen molar-refractivity contribution in [3.63, 3.8) is 0 Å². The zero-order valence-corrected chi connectivity index (χ0v) is 19.1. The molecule has 2 aliphatic rings. The largest absolute Gasteiger partial charge is 0.384 e. The Morgan fingerprint density at radius 2 is 1.85 bits per heavy atom. The van der Waals surface area contributed by atoms with Gasteiger partial charge in [0.25, 0.3) is 5.91 Å². The van der Waals surface area contributed by atoms with Crippen LogP contribution in [-0.4, -0.2) is 57.9 Å². The van der Waals surface area contributed by atoms with Gasteiger partial charge in [-0.1, -0.05) is 17.9 Å². The molecule has 2 fully saturated rings. The Kier molecular flexibility index (Phi) is 5.99. The number of nitrogens with zero attached hydrogens (tertiary/aromatic N) is 4. The molecule has 1 aliphatic heterocycles. The van der Waals surface area contributed by atoms with Crippen molar-refractivity contribution in [2.75, 3.05) is 31.9 Å². The van der Waals surface area contributed by atoms with E-state index in [2.05, 4.69) is 26.7 Å². The SMILES string of the molecule is Cc1nccc(-c2ccc(C(=O)N3CCN(C4CC4)CC3)c(F)c2)c1C#Cc1ccc(N)nc1. The van der Waals surface area contributed by atoms with Gasteiger partial charge in [-0.2, -0.15) is 0 Å². The summed E-state index contributed by atoms with van der Waals surface area (Å²) >= 11 is 0. The Hall–Kier alpha value is -3.76. The van der Waals surface area contributed by atoms with E-state index in [1.807, 2.05) is 13.0 Å². The van der Waals surface area contributed by atoms with Crippen molar-refractivity contribution < 1.29 is 9.18 Å². The second-order valence-corrected chi connectivity index (χ2v) is 8.79. The van der Waals surface area contributed by atoms with Gasteiger partial charge in [-0.05, 0) is 55.7 Å². The fraction of sp³-hybridized carbons (Fsp3) is 0.296. The monoisotopic (exact) mass is 455 g/mol. The van der Waals surface area contributed by atoms with Gasteiger partial charge >= 0.3 is 0 Å². The van der Waals surface area contributed by atoms with Gasteiger partial charge in [0.1, 0.15) is 11.6 Å². The average Bonchev–Trinajstić information content (AvgIpc) is 3.69. The summed E-state index contributed by atoms with van der Waals surface area (Å²) in [6.45, 7) is 4.86. The van der Waals surface area contributed by atoms with Gasteiger partial charge in [0.2, 0.25) is 0 Å². The number of pyridine rings is 2. The fourth-order valence-electron chi connectivity index (χ4n) is 4.33. The number of aromatic nitrogens is 2. The summed E-state index contributed by atoms with van der Waals surface area (Å²) in [5.41, 5.74) is 9.32. The summed E-state index contributed by atoms with van der Waals surface area (Å²) in [7, 11) is 0. The summed E-state index contributed by atoms with van der Waals surface area (Å²) in [5, 5.41) is 0. The highest BCUT2D eigenvalue weighted by molar-refractivity contribution is 5.95. The Morgan fingerprint density at radius 3 is 2.53 bits per heavy atom. The number of benzene rings is 1. The number of hydrogen-bond acceptors (Lipinski definition) is 5. The standard InChI is InChI=1S/C27H26FN5O/c1-18-22(7-2-19-3-9-26(29)31-17-19)23(10-11-30-18)20-4-8-24(25(28)16-20)27(34)33-14-12-32(13-15-33)21-5-6-21/h3-4,8-11,16-17,21H,5-6,12-15H2,1H3,(H2,29,31). The molecule has 5 rings (SSSR count). The molecule has 0 bridgehead atoms. The maximum atomic E-state index is 15.1. The first-order chi connectivity index (χ1) is 16.5. The Morgan fingerprint density at radius 1 is 1.06 bits per heavy atom. The van der Waals surface area contributed by atoms with Gasteiger partial charge in [0.05, 0.1) is 16.8 Å². The lowest BCUT2D eigenvalue weighted by atomic mass is 9.97. The number of hydrogen-bond donors (Lipinski definition) is 1. The molecule has 0 atom stereocenters. The lowest BCUT2D eigenvalue weighted by Gasteiger charge is -2.34. The molecule has 2 N–H and O–H groups in total. The van der Waals surface area contributed by atoms with Crippen LogP contribution in [-0.2, 0) is 0 Å². The number of halogens is 1. The minimum atomic E-state index is -0.525. The van der Waals surface area contributed by atoms with E-state index in [-0.39, 0.29) is 11.5 Å². The molecule has 1 saturated heterocycles. The van der Waals surface area contributed by atoms with Crippen molar-refractivity contribution in [3.8, 4) is 23.0 Å². The van der Waals surface area contributed by atoms with Gasteiger partial charge in [-0.3, -0.25) is 14.7 Å². The number of anilines is 1. The molecule has 1 aromatic carbocycles. The van der Waals surface area contributed by atoms with Gasteiger partial charge in [0, 0.05) is 55.7 Å². The van der Waals surface area contributed by atoms with E-state index in [4.69, 9.17) is 5.73 Å². The summed E-state index contributed by atoms with van der Waals surface area (Å²) in [5.74, 6) is 5.88. The van der Waals surface area contributed by atoms with Crippen LogP contribution in [0.3, 0.4) is 0 Å². The molecule has 0 spiro atoms. The summed E-state index contributed by atoms with van der Waals surface area (Å²) < 4.78 is 15.1. The molecule has 1 saturated carbocycles. The molecular formula is C27H26FN5O.